The molecule has 0 unspecified atom stereocenters. The molecule has 6 heteroatoms. The molecule has 2 fully saturated rings. The molecular weight excluding hydrogens is 367 g/mol. The lowest BCUT2D eigenvalue weighted by Crippen LogP contribution is -3.00. The molecule has 0 aliphatic carbocycles. The van der Waals surface area contributed by atoms with E-state index in [1.165, 1.54) is 41.8 Å². The lowest BCUT2D eigenvalue weighted by Gasteiger charge is -2.26. The minimum atomic E-state index is 0. The Morgan fingerprint density at radius 2 is 1.07 bits per heavy atom. The van der Waals surface area contributed by atoms with Gasteiger partial charge in [0.05, 0.1) is 24.8 Å². The third-order valence-corrected chi connectivity index (χ3v) is 4.15. The Morgan fingerprint density at radius 1 is 0.733 bits per heavy atom. The highest BCUT2D eigenvalue weighted by atomic mass is 79.9. The summed E-state index contributed by atoms with van der Waals surface area (Å²) >= 11 is 11.7. The molecule has 0 amide bonds. The number of fused-ring (bicyclic) bond motifs is 2. The fourth-order valence-corrected chi connectivity index (χ4v) is 3.66. The van der Waals surface area contributed by atoms with E-state index >= 15 is 0 Å². The van der Waals surface area contributed by atoms with E-state index in [0.29, 0.717) is 0 Å². The van der Waals surface area contributed by atoms with Gasteiger partial charge in [0, 0.05) is 0 Å². The standard InChI is InChI=1S/C9H18Cl2N2.2BrH/c10-1-3-12-5-7-13(9-12,4-2-11)8-6-12;;/h1-9H2;2*1H/q+2;;/p-2. The van der Waals surface area contributed by atoms with Crippen molar-refractivity contribution in [2.75, 3.05) is 57.7 Å². The summed E-state index contributed by atoms with van der Waals surface area (Å²) in [5, 5.41) is 0. The molecule has 0 aromatic rings. The predicted octanol–water partition coefficient (Wildman–Crippen LogP) is -4.91. The highest BCUT2D eigenvalue weighted by Crippen LogP contribution is 2.31. The summed E-state index contributed by atoms with van der Waals surface area (Å²) in [5.41, 5.74) is 0. The maximum atomic E-state index is 5.84. The molecule has 0 atom stereocenters. The fourth-order valence-electron chi connectivity index (χ4n) is 2.94. The van der Waals surface area contributed by atoms with Crippen molar-refractivity contribution in [1.29, 1.82) is 0 Å². The van der Waals surface area contributed by atoms with Crippen molar-refractivity contribution in [1.82, 2.24) is 0 Å². The first-order valence-corrected chi connectivity index (χ1v) is 6.13. The molecule has 92 valence electrons. The second-order valence-electron chi connectivity index (χ2n) is 4.54. The number of quaternary nitrogens is 2. The number of hydrogen-bond acceptors (Lipinski definition) is 0. The summed E-state index contributed by atoms with van der Waals surface area (Å²) < 4.78 is 2.53. The van der Waals surface area contributed by atoms with Gasteiger partial charge >= 0.3 is 0 Å². The smallest absolute Gasteiger partial charge is 0.208 e. The minimum absolute atomic E-state index is 0. The van der Waals surface area contributed by atoms with Crippen LogP contribution in [0.2, 0.25) is 0 Å². The summed E-state index contributed by atoms with van der Waals surface area (Å²) in [6, 6.07) is 0. The molecule has 0 saturated carbocycles. The summed E-state index contributed by atoms with van der Waals surface area (Å²) in [6.45, 7) is 8.90. The van der Waals surface area contributed by atoms with E-state index in [9.17, 15) is 0 Å². The Hall–Kier alpha value is 1.46. The lowest BCUT2D eigenvalue weighted by atomic mass is 10.3. The quantitative estimate of drug-likeness (QED) is 0.337. The molecule has 2 aliphatic rings. The first-order chi connectivity index (χ1) is 6.24. The van der Waals surface area contributed by atoms with Crippen molar-refractivity contribution in [3.8, 4) is 0 Å². The summed E-state index contributed by atoms with van der Waals surface area (Å²) in [4.78, 5) is 0. The second-order valence-corrected chi connectivity index (χ2v) is 5.30. The van der Waals surface area contributed by atoms with Crippen LogP contribution in [0.4, 0.5) is 0 Å². The van der Waals surface area contributed by atoms with Gasteiger partial charge in [0.2, 0.25) is 6.67 Å². The van der Waals surface area contributed by atoms with E-state index in [1.54, 1.807) is 0 Å². The molecule has 2 heterocycles. The van der Waals surface area contributed by atoms with Crippen LogP contribution >= 0.6 is 23.2 Å². The van der Waals surface area contributed by atoms with Crippen LogP contribution in [0.3, 0.4) is 0 Å². The molecule has 0 aromatic heterocycles. The van der Waals surface area contributed by atoms with Gasteiger partial charge in [-0.25, -0.2) is 0 Å². The predicted molar refractivity (Wildman–Crippen MR) is 56.0 cm³/mol. The van der Waals surface area contributed by atoms with Crippen molar-refractivity contribution in [3.63, 3.8) is 0 Å². The number of halogens is 4. The van der Waals surface area contributed by atoms with Crippen LogP contribution in [-0.4, -0.2) is 66.7 Å². The minimum Gasteiger partial charge on any atom is -1.00 e. The average molecular weight is 385 g/mol. The van der Waals surface area contributed by atoms with E-state index in [1.807, 2.05) is 0 Å². The first-order valence-electron chi connectivity index (χ1n) is 5.06. The van der Waals surface area contributed by atoms with Crippen LogP contribution in [0.15, 0.2) is 0 Å². The second kappa shape index (κ2) is 6.41. The van der Waals surface area contributed by atoms with Crippen LogP contribution in [0, 0.1) is 0 Å². The molecule has 2 nitrogen and oxygen atoms in total. The van der Waals surface area contributed by atoms with E-state index in [0.717, 1.165) is 24.8 Å². The zero-order valence-electron chi connectivity index (χ0n) is 8.77. The largest absolute Gasteiger partial charge is 1.00 e. The van der Waals surface area contributed by atoms with Gasteiger partial charge in [-0.3, -0.25) is 8.97 Å². The Morgan fingerprint density at radius 3 is 1.33 bits per heavy atom. The van der Waals surface area contributed by atoms with Gasteiger partial charge in [0.1, 0.15) is 26.2 Å². The fraction of sp³-hybridized carbons (Fsp3) is 1.00. The van der Waals surface area contributed by atoms with Crippen molar-refractivity contribution in [2.24, 2.45) is 0 Å². The SMILES string of the molecule is ClCC[N+]12CC[N+](CCCl)(CC1)C2.[Br-].[Br-]. The molecule has 0 radical (unpaired) electrons. The number of hydrogen-bond donors (Lipinski definition) is 0. The van der Waals surface area contributed by atoms with E-state index < -0.39 is 0 Å². The van der Waals surface area contributed by atoms with Crippen molar-refractivity contribution >= 4 is 23.2 Å². The summed E-state index contributed by atoms with van der Waals surface area (Å²) in [7, 11) is 0. The first kappa shape index (κ1) is 16.5. The maximum absolute atomic E-state index is 5.84. The van der Waals surface area contributed by atoms with Gasteiger partial charge in [-0.1, -0.05) is 0 Å². The van der Waals surface area contributed by atoms with Gasteiger partial charge in [0.25, 0.3) is 0 Å². The number of rotatable bonds is 4. The zero-order valence-corrected chi connectivity index (χ0v) is 13.5. The number of piperazine rings is 1. The Balaban J connectivity index is 0.000000980. The van der Waals surface area contributed by atoms with Crippen LogP contribution < -0.4 is 34.0 Å². The summed E-state index contributed by atoms with van der Waals surface area (Å²) in [5.74, 6) is 1.61. The van der Waals surface area contributed by atoms with Gasteiger partial charge < -0.3 is 34.0 Å². The van der Waals surface area contributed by atoms with Crippen LogP contribution in [-0.2, 0) is 0 Å². The van der Waals surface area contributed by atoms with E-state index in [2.05, 4.69) is 0 Å². The summed E-state index contributed by atoms with van der Waals surface area (Å²) in [6.07, 6.45) is 0. The lowest BCUT2D eigenvalue weighted by molar-refractivity contribution is -0.985. The van der Waals surface area contributed by atoms with Crippen LogP contribution in [0.1, 0.15) is 0 Å². The van der Waals surface area contributed by atoms with Crippen molar-refractivity contribution in [3.05, 3.63) is 0 Å². The zero-order chi connectivity index (χ0) is 9.36. The Bertz CT molecular complexity index is 177. The highest BCUT2D eigenvalue weighted by Gasteiger charge is 2.54. The number of nitrogens with zero attached hydrogens (tertiary/aromatic N) is 2. The molecule has 2 bridgehead atoms. The molecule has 0 N–H and O–H groups in total. The van der Waals surface area contributed by atoms with Crippen LogP contribution in [0.5, 0.6) is 0 Å². The Labute approximate surface area is 123 Å². The molecule has 15 heavy (non-hydrogen) atoms. The highest BCUT2D eigenvalue weighted by molar-refractivity contribution is 6.18. The molecule has 0 spiro atoms. The number of alkyl halides is 2. The maximum Gasteiger partial charge on any atom is 0.208 e. The van der Waals surface area contributed by atoms with Crippen molar-refractivity contribution in [2.45, 2.75) is 0 Å². The van der Waals surface area contributed by atoms with Crippen molar-refractivity contribution < 1.29 is 42.9 Å². The van der Waals surface area contributed by atoms with E-state index in [4.69, 9.17) is 23.2 Å². The molecule has 0 aromatic carbocycles. The molecule has 2 rings (SSSR count). The monoisotopic (exact) mass is 382 g/mol. The van der Waals surface area contributed by atoms with Gasteiger partial charge in [0.15, 0.2) is 0 Å². The van der Waals surface area contributed by atoms with E-state index in [-0.39, 0.29) is 34.0 Å². The van der Waals surface area contributed by atoms with Gasteiger partial charge in [-0.15, -0.1) is 23.2 Å². The third-order valence-electron chi connectivity index (χ3n) is 3.82. The molecule has 2 aliphatic heterocycles. The molecular formula is C9H18Br2Cl2N2. The van der Waals surface area contributed by atoms with Gasteiger partial charge in [-0.2, -0.15) is 0 Å². The average Bonchev–Trinajstić information content (AvgIpc) is 2.61. The molecule has 2 saturated heterocycles. The normalized spacial score (nSPS) is 37.2. The third kappa shape index (κ3) is 3.23. The topological polar surface area (TPSA) is 0 Å². The van der Waals surface area contributed by atoms with Crippen LogP contribution in [0.25, 0.3) is 0 Å². The van der Waals surface area contributed by atoms with Gasteiger partial charge in [-0.05, 0) is 0 Å². The Kier molecular flexibility index (Phi) is 7.03.